The molecule has 0 aliphatic carbocycles. The predicted octanol–water partition coefficient (Wildman–Crippen LogP) is 2.61. The largest absolute Gasteiger partial charge is 0.480 e. The Kier molecular flexibility index (Phi) is 6.28. The Bertz CT molecular complexity index is 452. The van der Waals surface area contributed by atoms with Gasteiger partial charge < -0.3 is 14.6 Å². The van der Waals surface area contributed by atoms with E-state index in [1.165, 1.54) is 4.57 Å². The maximum Gasteiger partial charge on any atom is 0.323 e. The van der Waals surface area contributed by atoms with E-state index in [0.717, 1.165) is 19.3 Å². The van der Waals surface area contributed by atoms with Crippen LogP contribution in [-0.2, 0) is 11.3 Å². The molecular formula is C15H24N2O3. The second-order valence-corrected chi connectivity index (χ2v) is 5.21. The number of carbonyl (C=O) groups excluding carboxylic acids is 1. The van der Waals surface area contributed by atoms with Crippen molar-refractivity contribution in [3.05, 3.63) is 24.0 Å². The summed E-state index contributed by atoms with van der Waals surface area (Å²) in [5.41, 5.74) is 0.442. The van der Waals surface area contributed by atoms with Gasteiger partial charge in [-0.2, -0.15) is 0 Å². The van der Waals surface area contributed by atoms with Crippen LogP contribution in [0, 0.1) is 0 Å². The maximum atomic E-state index is 12.6. The van der Waals surface area contributed by atoms with Crippen LogP contribution in [0.4, 0.5) is 0 Å². The van der Waals surface area contributed by atoms with E-state index in [2.05, 4.69) is 6.92 Å². The molecule has 20 heavy (non-hydrogen) atoms. The molecule has 1 aromatic rings. The average Bonchev–Trinajstić information content (AvgIpc) is 2.80. The smallest absolute Gasteiger partial charge is 0.323 e. The first kappa shape index (κ1) is 16.3. The van der Waals surface area contributed by atoms with Crippen molar-refractivity contribution < 1.29 is 14.7 Å². The van der Waals surface area contributed by atoms with Crippen LogP contribution in [0.1, 0.15) is 50.5 Å². The molecular weight excluding hydrogens is 256 g/mol. The number of carboxylic acids is 1. The standard InChI is InChI=1S/C15H24N2O3/c1-4-5-6-10-17(12(2)3)15(20)13-8-7-9-16(13)11-14(18)19/h7-9,12H,4-6,10-11H2,1-3H3,(H,18,19). The summed E-state index contributed by atoms with van der Waals surface area (Å²) < 4.78 is 1.49. The second kappa shape index (κ2) is 7.72. The lowest BCUT2D eigenvalue weighted by Crippen LogP contribution is -2.39. The first-order valence-electron chi connectivity index (χ1n) is 7.15. The minimum atomic E-state index is -0.947. The monoisotopic (exact) mass is 280 g/mol. The molecule has 112 valence electrons. The van der Waals surface area contributed by atoms with Crippen molar-refractivity contribution in [1.82, 2.24) is 9.47 Å². The summed E-state index contributed by atoms with van der Waals surface area (Å²) >= 11 is 0. The first-order chi connectivity index (χ1) is 9.47. The Hall–Kier alpha value is -1.78. The van der Waals surface area contributed by atoms with Crippen molar-refractivity contribution in [3.8, 4) is 0 Å². The summed E-state index contributed by atoms with van der Waals surface area (Å²) in [4.78, 5) is 25.2. The van der Waals surface area contributed by atoms with Gasteiger partial charge in [0.05, 0.1) is 0 Å². The fourth-order valence-electron chi connectivity index (χ4n) is 2.17. The van der Waals surface area contributed by atoms with Gasteiger partial charge in [-0.25, -0.2) is 0 Å². The maximum absolute atomic E-state index is 12.6. The third-order valence-electron chi connectivity index (χ3n) is 3.24. The highest BCUT2D eigenvalue weighted by Crippen LogP contribution is 2.12. The molecule has 1 rings (SSSR count). The second-order valence-electron chi connectivity index (χ2n) is 5.21. The van der Waals surface area contributed by atoms with Gasteiger partial charge in [0.15, 0.2) is 0 Å². The number of carboxylic acid groups (broad SMARTS) is 1. The number of aromatic nitrogens is 1. The zero-order valence-corrected chi connectivity index (χ0v) is 12.5. The normalized spacial score (nSPS) is 10.8. The summed E-state index contributed by atoms with van der Waals surface area (Å²) in [6.07, 6.45) is 4.80. The zero-order chi connectivity index (χ0) is 15.1. The van der Waals surface area contributed by atoms with E-state index in [1.807, 2.05) is 18.7 Å². The number of amides is 1. The highest BCUT2D eigenvalue weighted by molar-refractivity contribution is 5.93. The van der Waals surface area contributed by atoms with E-state index in [1.54, 1.807) is 18.3 Å². The van der Waals surface area contributed by atoms with Gasteiger partial charge in [-0.15, -0.1) is 0 Å². The van der Waals surface area contributed by atoms with Gasteiger partial charge in [0.1, 0.15) is 12.2 Å². The van der Waals surface area contributed by atoms with Gasteiger partial charge >= 0.3 is 5.97 Å². The van der Waals surface area contributed by atoms with Crippen LogP contribution in [0.15, 0.2) is 18.3 Å². The highest BCUT2D eigenvalue weighted by atomic mass is 16.4. The average molecular weight is 280 g/mol. The molecule has 0 aliphatic heterocycles. The molecule has 0 aromatic carbocycles. The van der Waals surface area contributed by atoms with E-state index in [0.29, 0.717) is 12.2 Å². The Balaban J connectivity index is 2.83. The molecule has 1 aromatic heterocycles. The van der Waals surface area contributed by atoms with Gasteiger partial charge in [-0.3, -0.25) is 9.59 Å². The summed E-state index contributed by atoms with van der Waals surface area (Å²) in [5.74, 6) is -1.04. The van der Waals surface area contributed by atoms with Crippen molar-refractivity contribution in [2.75, 3.05) is 6.54 Å². The summed E-state index contributed by atoms with van der Waals surface area (Å²) in [5, 5.41) is 8.87. The van der Waals surface area contributed by atoms with Crippen LogP contribution < -0.4 is 0 Å². The van der Waals surface area contributed by atoms with Gasteiger partial charge in [-0.05, 0) is 32.4 Å². The Morgan fingerprint density at radius 1 is 1.35 bits per heavy atom. The first-order valence-corrected chi connectivity index (χ1v) is 7.15. The third-order valence-corrected chi connectivity index (χ3v) is 3.24. The van der Waals surface area contributed by atoms with Crippen molar-refractivity contribution in [2.45, 2.75) is 52.6 Å². The third kappa shape index (κ3) is 4.40. The van der Waals surface area contributed by atoms with Crippen LogP contribution >= 0.6 is 0 Å². The molecule has 0 unspecified atom stereocenters. The molecule has 0 spiro atoms. The molecule has 1 heterocycles. The lowest BCUT2D eigenvalue weighted by Gasteiger charge is -2.27. The van der Waals surface area contributed by atoms with E-state index in [4.69, 9.17) is 5.11 Å². The van der Waals surface area contributed by atoms with Gasteiger partial charge in [0, 0.05) is 18.8 Å². The summed E-state index contributed by atoms with van der Waals surface area (Å²) in [7, 11) is 0. The molecule has 0 fully saturated rings. The van der Waals surface area contributed by atoms with Crippen LogP contribution in [-0.4, -0.2) is 39.0 Å². The predicted molar refractivity (Wildman–Crippen MR) is 77.8 cm³/mol. The Labute approximate surface area is 120 Å². The molecule has 0 saturated carbocycles. The lowest BCUT2D eigenvalue weighted by atomic mass is 10.2. The zero-order valence-electron chi connectivity index (χ0n) is 12.5. The van der Waals surface area contributed by atoms with Gasteiger partial charge in [-0.1, -0.05) is 19.8 Å². The summed E-state index contributed by atoms with van der Waals surface area (Å²) in [6, 6.07) is 3.49. The minimum absolute atomic E-state index is 0.0950. The van der Waals surface area contributed by atoms with E-state index in [9.17, 15) is 9.59 Å². The number of aliphatic carboxylic acids is 1. The van der Waals surface area contributed by atoms with Crippen molar-refractivity contribution in [2.24, 2.45) is 0 Å². The fraction of sp³-hybridized carbons (Fsp3) is 0.600. The number of nitrogens with zero attached hydrogens (tertiary/aromatic N) is 2. The molecule has 0 aliphatic rings. The number of rotatable bonds is 8. The number of hydrogen-bond donors (Lipinski definition) is 1. The van der Waals surface area contributed by atoms with Crippen LogP contribution in [0.3, 0.4) is 0 Å². The molecule has 0 radical (unpaired) electrons. The van der Waals surface area contributed by atoms with Crippen molar-refractivity contribution in [3.63, 3.8) is 0 Å². The Morgan fingerprint density at radius 3 is 2.60 bits per heavy atom. The highest BCUT2D eigenvalue weighted by Gasteiger charge is 2.21. The summed E-state index contributed by atoms with van der Waals surface area (Å²) in [6.45, 7) is 6.61. The number of hydrogen-bond acceptors (Lipinski definition) is 2. The van der Waals surface area contributed by atoms with Crippen LogP contribution in [0.25, 0.3) is 0 Å². The molecule has 0 bridgehead atoms. The van der Waals surface area contributed by atoms with Gasteiger partial charge in [0.25, 0.3) is 5.91 Å². The lowest BCUT2D eigenvalue weighted by molar-refractivity contribution is -0.137. The minimum Gasteiger partial charge on any atom is -0.480 e. The van der Waals surface area contributed by atoms with E-state index in [-0.39, 0.29) is 18.5 Å². The van der Waals surface area contributed by atoms with Crippen molar-refractivity contribution in [1.29, 1.82) is 0 Å². The van der Waals surface area contributed by atoms with E-state index >= 15 is 0 Å². The molecule has 5 nitrogen and oxygen atoms in total. The van der Waals surface area contributed by atoms with E-state index < -0.39 is 5.97 Å². The number of unbranched alkanes of at least 4 members (excludes halogenated alkanes) is 2. The SMILES string of the molecule is CCCCCN(C(=O)c1cccn1CC(=O)O)C(C)C. The topological polar surface area (TPSA) is 62.5 Å². The van der Waals surface area contributed by atoms with Gasteiger partial charge in [0.2, 0.25) is 0 Å². The number of carbonyl (C=O) groups is 2. The fourth-order valence-corrected chi connectivity index (χ4v) is 2.17. The molecule has 1 N–H and O–H groups in total. The van der Waals surface area contributed by atoms with Crippen LogP contribution in [0.2, 0.25) is 0 Å². The molecule has 0 atom stereocenters. The molecule has 5 heteroatoms. The van der Waals surface area contributed by atoms with Crippen molar-refractivity contribution >= 4 is 11.9 Å². The molecule has 0 saturated heterocycles. The Morgan fingerprint density at radius 2 is 2.05 bits per heavy atom. The van der Waals surface area contributed by atoms with Crippen LogP contribution in [0.5, 0.6) is 0 Å². The quantitative estimate of drug-likeness (QED) is 0.744. The molecule has 1 amide bonds.